The molecule has 2 bridgehead atoms. The summed E-state index contributed by atoms with van der Waals surface area (Å²) in [4.78, 5) is 6.56. The Kier molecular flexibility index (Phi) is 4.79. The lowest BCUT2D eigenvalue weighted by Crippen LogP contribution is -2.45. The fraction of sp³-hybridized carbons (Fsp3) is 0.421. The van der Waals surface area contributed by atoms with Crippen LogP contribution in [0.4, 0.5) is 0 Å². The van der Waals surface area contributed by atoms with Gasteiger partial charge in [-0.15, -0.1) is 0 Å². The van der Waals surface area contributed by atoms with Crippen molar-refractivity contribution in [3.8, 4) is 11.1 Å². The zero-order valence-electron chi connectivity index (χ0n) is 14.8. The minimum absolute atomic E-state index is 0.141. The molecule has 2 saturated heterocycles. The molecule has 6 nitrogen and oxygen atoms in total. The highest BCUT2D eigenvalue weighted by Crippen LogP contribution is 2.27. The van der Waals surface area contributed by atoms with Crippen LogP contribution >= 0.6 is 0 Å². The van der Waals surface area contributed by atoms with Crippen molar-refractivity contribution in [3.63, 3.8) is 0 Å². The normalized spacial score (nSPS) is 25.0. The first-order valence-electron chi connectivity index (χ1n) is 8.82. The van der Waals surface area contributed by atoms with Gasteiger partial charge in [0.1, 0.15) is 0 Å². The van der Waals surface area contributed by atoms with Crippen molar-refractivity contribution in [2.75, 3.05) is 39.9 Å². The SMILES string of the molecule is CN1C[C@@H]2COC[C@H](C1)N(S(=O)(=O)c1ccc(-c3ccncc3)cc1)C2. The molecule has 0 spiro atoms. The van der Waals surface area contributed by atoms with Crippen LogP contribution in [0.3, 0.4) is 0 Å². The molecule has 138 valence electrons. The minimum atomic E-state index is -3.55. The third-order valence-electron chi connectivity index (χ3n) is 5.08. The van der Waals surface area contributed by atoms with Gasteiger partial charge < -0.3 is 9.64 Å². The second-order valence-electron chi connectivity index (χ2n) is 7.11. The number of sulfonamides is 1. The van der Waals surface area contributed by atoms with Crippen molar-refractivity contribution < 1.29 is 13.2 Å². The molecule has 2 fully saturated rings. The minimum Gasteiger partial charge on any atom is -0.379 e. The molecule has 1 aromatic carbocycles. The van der Waals surface area contributed by atoms with Crippen LogP contribution in [0.2, 0.25) is 0 Å². The first-order chi connectivity index (χ1) is 12.5. The van der Waals surface area contributed by atoms with Gasteiger partial charge >= 0.3 is 0 Å². The number of nitrogens with zero attached hydrogens (tertiary/aromatic N) is 3. The van der Waals surface area contributed by atoms with Gasteiger partial charge in [0.2, 0.25) is 10.0 Å². The van der Waals surface area contributed by atoms with Crippen LogP contribution in [0, 0.1) is 5.92 Å². The molecule has 1 aromatic heterocycles. The molecule has 0 saturated carbocycles. The van der Waals surface area contributed by atoms with E-state index in [9.17, 15) is 8.42 Å². The number of rotatable bonds is 3. The predicted octanol–water partition coefficient (Wildman–Crippen LogP) is 1.70. The number of ether oxygens (including phenoxy) is 1. The first-order valence-corrected chi connectivity index (χ1v) is 10.3. The summed E-state index contributed by atoms with van der Waals surface area (Å²) in [6.45, 7) is 3.15. The largest absolute Gasteiger partial charge is 0.379 e. The molecule has 0 radical (unpaired) electrons. The maximum atomic E-state index is 13.3. The third kappa shape index (κ3) is 3.40. The van der Waals surface area contributed by atoms with E-state index in [0.29, 0.717) is 31.2 Å². The number of hydrogen-bond donors (Lipinski definition) is 0. The average molecular weight is 373 g/mol. The number of aromatic nitrogens is 1. The van der Waals surface area contributed by atoms with Crippen molar-refractivity contribution in [2.24, 2.45) is 5.92 Å². The van der Waals surface area contributed by atoms with E-state index in [2.05, 4.69) is 9.88 Å². The molecular weight excluding hydrogens is 350 g/mol. The van der Waals surface area contributed by atoms with Crippen LogP contribution in [-0.2, 0) is 14.8 Å². The first kappa shape index (κ1) is 17.6. The second kappa shape index (κ2) is 7.08. The summed E-state index contributed by atoms with van der Waals surface area (Å²) in [5.74, 6) is 0.207. The Morgan fingerprint density at radius 2 is 1.65 bits per heavy atom. The van der Waals surface area contributed by atoms with Gasteiger partial charge in [-0.2, -0.15) is 4.31 Å². The monoisotopic (exact) mass is 373 g/mol. The van der Waals surface area contributed by atoms with Crippen LogP contribution in [0.1, 0.15) is 0 Å². The lowest BCUT2D eigenvalue weighted by atomic mass is 10.1. The molecule has 4 rings (SSSR count). The Hall–Kier alpha value is -1.80. The molecule has 2 aliphatic heterocycles. The number of likely N-dealkylation sites (N-methyl/N-ethyl adjacent to an activating group) is 1. The zero-order chi connectivity index (χ0) is 18.1. The van der Waals surface area contributed by atoms with Crippen LogP contribution < -0.4 is 0 Å². The van der Waals surface area contributed by atoms with E-state index in [1.165, 1.54) is 0 Å². The highest BCUT2D eigenvalue weighted by atomic mass is 32.2. The van der Waals surface area contributed by atoms with E-state index >= 15 is 0 Å². The molecule has 2 aliphatic rings. The molecule has 0 N–H and O–H groups in total. The molecular formula is C19H23N3O3S. The van der Waals surface area contributed by atoms with Crippen LogP contribution in [-0.4, -0.2) is 68.5 Å². The molecule has 0 unspecified atom stereocenters. The standard InChI is InChI=1S/C19H23N3O3S/c1-21-10-15-11-22(18(12-21)14-25-13-15)26(23,24)19-4-2-16(3-5-19)17-6-8-20-9-7-17/h2-9,15,18H,10-14H2,1H3/t15-,18-/m0/s1. The Morgan fingerprint density at radius 3 is 2.38 bits per heavy atom. The Morgan fingerprint density at radius 1 is 0.962 bits per heavy atom. The lowest BCUT2D eigenvalue weighted by molar-refractivity contribution is 0.0659. The maximum Gasteiger partial charge on any atom is 0.243 e. The number of hydrogen-bond acceptors (Lipinski definition) is 5. The van der Waals surface area contributed by atoms with E-state index in [0.717, 1.165) is 17.7 Å². The highest BCUT2D eigenvalue weighted by molar-refractivity contribution is 7.89. The Labute approximate surface area is 154 Å². The molecule has 2 atom stereocenters. The van der Waals surface area contributed by atoms with Crippen LogP contribution in [0.5, 0.6) is 0 Å². The fourth-order valence-corrected chi connectivity index (χ4v) is 5.51. The summed E-state index contributed by atoms with van der Waals surface area (Å²) in [5, 5.41) is 0. The summed E-state index contributed by atoms with van der Waals surface area (Å²) < 4.78 is 33.9. The summed E-state index contributed by atoms with van der Waals surface area (Å²) in [7, 11) is -1.50. The quantitative estimate of drug-likeness (QED) is 0.819. The van der Waals surface area contributed by atoms with E-state index in [1.807, 2.05) is 31.3 Å². The maximum absolute atomic E-state index is 13.3. The molecule has 0 aliphatic carbocycles. The number of fused-ring (bicyclic) bond motifs is 3. The summed E-state index contributed by atoms with van der Waals surface area (Å²) in [6.07, 6.45) is 3.46. The number of benzene rings is 1. The van der Waals surface area contributed by atoms with Crippen molar-refractivity contribution >= 4 is 10.0 Å². The van der Waals surface area contributed by atoms with Gasteiger partial charge in [0.15, 0.2) is 0 Å². The van der Waals surface area contributed by atoms with Gasteiger partial charge in [-0.1, -0.05) is 12.1 Å². The lowest BCUT2D eigenvalue weighted by Gasteiger charge is -2.29. The van der Waals surface area contributed by atoms with Gasteiger partial charge in [0.25, 0.3) is 0 Å². The molecule has 0 amide bonds. The van der Waals surface area contributed by atoms with E-state index < -0.39 is 10.0 Å². The van der Waals surface area contributed by atoms with Gasteiger partial charge in [0.05, 0.1) is 24.2 Å². The van der Waals surface area contributed by atoms with Crippen LogP contribution in [0.15, 0.2) is 53.7 Å². The molecule has 7 heteroatoms. The Bertz CT molecular complexity index is 855. The van der Waals surface area contributed by atoms with E-state index in [-0.39, 0.29) is 12.0 Å². The summed E-state index contributed by atoms with van der Waals surface area (Å²) in [5.41, 5.74) is 1.99. The van der Waals surface area contributed by atoms with E-state index in [4.69, 9.17) is 4.74 Å². The van der Waals surface area contributed by atoms with E-state index in [1.54, 1.807) is 28.8 Å². The van der Waals surface area contributed by atoms with Gasteiger partial charge in [-0.05, 0) is 42.4 Å². The van der Waals surface area contributed by atoms with Crippen molar-refractivity contribution in [1.82, 2.24) is 14.2 Å². The summed E-state index contributed by atoms with van der Waals surface area (Å²) >= 11 is 0. The summed E-state index contributed by atoms with van der Waals surface area (Å²) in [6, 6.07) is 10.8. The third-order valence-corrected chi connectivity index (χ3v) is 7.01. The van der Waals surface area contributed by atoms with Gasteiger partial charge in [-0.25, -0.2) is 8.42 Å². The Balaban J connectivity index is 1.64. The van der Waals surface area contributed by atoms with Crippen molar-refractivity contribution in [3.05, 3.63) is 48.8 Å². The average Bonchev–Trinajstić information content (AvgIpc) is 2.93. The van der Waals surface area contributed by atoms with Gasteiger partial charge in [0, 0.05) is 37.9 Å². The van der Waals surface area contributed by atoms with Crippen molar-refractivity contribution in [2.45, 2.75) is 10.9 Å². The fourth-order valence-electron chi connectivity index (χ4n) is 3.83. The van der Waals surface area contributed by atoms with Crippen LogP contribution in [0.25, 0.3) is 11.1 Å². The molecule has 2 aromatic rings. The van der Waals surface area contributed by atoms with Crippen molar-refractivity contribution in [1.29, 1.82) is 0 Å². The molecule has 3 heterocycles. The van der Waals surface area contributed by atoms with Gasteiger partial charge in [-0.3, -0.25) is 4.98 Å². The molecule has 26 heavy (non-hydrogen) atoms. The zero-order valence-corrected chi connectivity index (χ0v) is 15.6. The topological polar surface area (TPSA) is 62.7 Å². The predicted molar refractivity (Wildman–Crippen MR) is 99.2 cm³/mol. The second-order valence-corrected chi connectivity index (χ2v) is 9.00. The smallest absolute Gasteiger partial charge is 0.243 e. The number of pyridine rings is 1. The highest BCUT2D eigenvalue weighted by Gasteiger charge is 2.39.